The summed E-state index contributed by atoms with van der Waals surface area (Å²) in [5.74, 6) is 1.17. The molecule has 32 heteroatoms. The summed E-state index contributed by atoms with van der Waals surface area (Å²) in [4.78, 5) is 74.0. The van der Waals surface area contributed by atoms with E-state index < -0.39 is 97.8 Å². The standard InChI is InChI=1S/C28H38N10O7.C23H30N10O5/c1-28(2,3)45-27(42)34-18(12-16-6-8-17(9-7-16)43-11-10-33-36-29)25(41)35-20-19(13-39)44-26(22(20)40)38-15-32-21-23(37(4)5)30-14-31-24(21)38;1-32(2)20-18-21(27-11-26-20)33(12-28-18)23-19(35)17(16(10-34)38-23)30-22(36)15(24)9-13-3-5-14(6-4-13)37-8-7-29-31-25/h6-9,14-15,18-20,22,26,39-40H,10-13H2,1-5H3,(H,34,42)(H,35,41);3-6,11-12,15-17,19,23,34-35H,7-10,24H2,1-2H3,(H,30,36)/t18?,19-,20?,22+,26-;15?,16-,17?,19+,23-/m11/s1. The zero-order valence-electron chi connectivity index (χ0n) is 46.6. The molecule has 3 amide bonds. The van der Waals surface area contributed by atoms with Crippen molar-refractivity contribution in [3.63, 3.8) is 0 Å². The summed E-state index contributed by atoms with van der Waals surface area (Å²) in [5.41, 5.74) is 25.4. The van der Waals surface area contributed by atoms with E-state index in [9.17, 15) is 34.8 Å². The topological polar surface area (TPSA) is 432 Å². The van der Waals surface area contributed by atoms with E-state index >= 15 is 0 Å². The summed E-state index contributed by atoms with van der Waals surface area (Å²) in [5, 5.41) is 57.4. The van der Waals surface area contributed by atoms with E-state index in [1.807, 2.05) is 28.2 Å². The zero-order valence-corrected chi connectivity index (χ0v) is 46.6. The van der Waals surface area contributed by atoms with Gasteiger partial charge in [-0.15, -0.1) is 0 Å². The molecule has 0 spiro atoms. The predicted molar refractivity (Wildman–Crippen MR) is 298 cm³/mol. The molecule has 4 unspecified atom stereocenters. The molecule has 6 aromatic rings. The number of benzene rings is 2. The van der Waals surface area contributed by atoms with E-state index in [0.717, 1.165) is 5.56 Å². The Balaban J connectivity index is 0.000000242. The zero-order chi connectivity index (χ0) is 60.0. The van der Waals surface area contributed by atoms with Crippen molar-refractivity contribution in [2.45, 2.75) is 100 Å². The maximum Gasteiger partial charge on any atom is 0.408 e. The molecule has 4 aromatic heterocycles. The number of ether oxygens (including phenoxy) is 5. The fourth-order valence-electron chi connectivity index (χ4n) is 9.04. The number of carbonyl (C=O) groups is 3. The van der Waals surface area contributed by atoms with Gasteiger partial charge in [-0.1, -0.05) is 34.5 Å². The smallest absolute Gasteiger partial charge is 0.408 e. The highest BCUT2D eigenvalue weighted by molar-refractivity contribution is 5.87. The van der Waals surface area contributed by atoms with Crippen LogP contribution in [0.2, 0.25) is 0 Å². The molecule has 10 atom stereocenters. The number of aliphatic hydroxyl groups is 4. The van der Waals surface area contributed by atoms with Crippen LogP contribution >= 0.6 is 0 Å². The second kappa shape index (κ2) is 28.3. The van der Waals surface area contributed by atoms with Crippen molar-refractivity contribution >= 4 is 51.9 Å². The van der Waals surface area contributed by atoms with Crippen LogP contribution in [0.1, 0.15) is 44.4 Å². The van der Waals surface area contributed by atoms with Gasteiger partial charge < -0.3 is 75.6 Å². The molecule has 0 bridgehead atoms. The molecule has 2 saturated heterocycles. The first-order valence-electron chi connectivity index (χ1n) is 26.1. The van der Waals surface area contributed by atoms with E-state index in [0.29, 0.717) is 51.0 Å². The Kier molecular flexibility index (Phi) is 21.1. The van der Waals surface area contributed by atoms with Gasteiger partial charge in [0.2, 0.25) is 11.8 Å². The summed E-state index contributed by atoms with van der Waals surface area (Å²) in [6.45, 7) is 5.02. The van der Waals surface area contributed by atoms with Gasteiger partial charge in [-0.05, 0) is 73.6 Å². The summed E-state index contributed by atoms with van der Waals surface area (Å²) in [6.07, 6.45) is -1.17. The Morgan fingerprint density at radius 2 is 1.13 bits per heavy atom. The molecule has 2 aromatic carbocycles. The lowest BCUT2D eigenvalue weighted by Gasteiger charge is -2.26. The molecule has 2 aliphatic heterocycles. The molecule has 32 nitrogen and oxygen atoms in total. The third-order valence-electron chi connectivity index (χ3n) is 12.9. The molecule has 8 rings (SSSR count). The van der Waals surface area contributed by atoms with Crippen molar-refractivity contribution in [2.24, 2.45) is 16.0 Å². The highest BCUT2D eigenvalue weighted by Crippen LogP contribution is 2.34. The first kappa shape index (κ1) is 61.9. The van der Waals surface area contributed by atoms with Crippen LogP contribution in [-0.2, 0) is 36.6 Å². The number of hydrogen-bond donors (Lipinski definition) is 8. The fraction of sp³-hybridized carbons (Fsp3) is 0.510. The largest absolute Gasteiger partial charge is 0.493 e. The van der Waals surface area contributed by atoms with Crippen molar-refractivity contribution in [3.8, 4) is 11.5 Å². The van der Waals surface area contributed by atoms with Gasteiger partial charge in [0.05, 0.1) is 70.3 Å². The van der Waals surface area contributed by atoms with Crippen LogP contribution in [0, 0.1) is 0 Å². The van der Waals surface area contributed by atoms with Crippen molar-refractivity contribution in [1.82, 2.24) is 55.0 Å². The van der Waals surface area contributed by atoms with Crippen molar-refractivity contribution in [2.75, 3.05) is 77.5 Å². The highest BCUT2D eigenvalue weighted by atomic mass is 16.6. The van der Waals surface area contributed by atoms with E-state index in [1.54, 1.807) is 83.7 Å². The van der Waals surface area contributed by atoms with Crippen LogP contribution in [0.3, 0.4) is 0 Å². The third-order valence-corrected chi connectivity index (χ3v) is 12.9. The number of alkyl carbamates (subject to hydrolysis) is 1. The van der Waals surface area contributed by atoms with Gasteiger partial charge in [-0.2, -0.15) is 0 Å². The Morgan fingerprint density at radius 1 is 0.699 bits per heavy atom. The van der Waals surface area contributed by atoms with E-state index in [4.69, 9.17) is 40.5 Å². The number of amides is 3. The van der Waals surface area contributed by atoms with E-state index in [-0.39, 0.29) is 39.1 Å². The van der Waals surface area contributed by atoms with Gasteiger partial charge in [0.15, 0.2) is 46.4 Å². The number of fused-ring (bicyclic) bond motifs is 2. The second-order valence-corrected chi connectivity index (χ2v) is 20.5. The minimum atomic E-state index is -1.31. The van der Waals surface area contributed by atoms with Crippen molar-refractivity contribution in [1.29, 1.82) is 0 Å². The average Bonchev–Trinajstić information content (AvgIpc) is 4.33. The summed E-state index contributed by atoms with van der Waals surface area (Å²) in [7, 11) is 7.28. The normalized spacial score (nSPS) is 20.9. The molecular weight excluding hydrogens is 1080 g/mol. The van der Waals surface area contributed by atoms with Crippen LogP contribution in [0.5, 0.6) is 11.5 Å². The molecule has 2 fully saturated rings. The average molecular weight is 1150 g/mol. The molecule has 9 N–H and O–H groups in total. The molecule has 2 aliphatic rings. The van der Waals surface area contributed by atoms with Gasteiger partial charge in [-0.25, -0.2) is 34.7 Å². The molecule has 83 heavy (non-hydrogen) atoms. The summed E-state index contributed by atoms with van der Waals surface area (Å²) >= 11 is 0. The number of rotatable bonds is 23. The van der Waals surface area contributed by atoms with Gasteiger partial charge in [0, 0.05) is 44.4 Å². The maximum atomic E-state index is 13.7. The molecule has 0 radical (unpaired) electrons. The van der Waals surface area contributed by atoms with Crippen LogP contribution in [-0.4, -0.2) is 199 Å². The number of imidazole rings is 2. The van der Waals surface area contributed by atoms with Gasteiger partial charge in [-0.3, -0.25) is 18.7 Å². The number of hydrogen-bond acceptors (Lipinski definition) is 23. The van der Waals surface area contributed by atoms with Gasteiger partial charge in [0.1, 0.15) is 60.2 Å². The van der Waals surface area contributed by atoms with Crippen molar-refractivity contribution < 1.29 is 58.5 Å². The Bertz CT molecular complexity index is 3240. The fourth-order valence-corrected chi connectivity index (χ4v) is 9.04. The molecule has 0 aliphatic carbocycles. The lowest BCUT2D eigenvalue weighted by Crippen LogP contribution is -2.56. The van der Waals surface area contributed by atoms with Gasteiger partial charge in [0.25, 0.3) is 0 Å². The third kappa shape index (κ3) is 15.6. The predicted octanol–water partition coefficient (Wildman–Crippen LogP) is 1.34. The number of aliphatic hydroxyl groups excluding tert-OH is 4. The molecular formula is C51H68N20O12. The molecule has 444 valence electrons. The molecule has 0 saturated carbocycles. The molecule has 6 heterocycles. The number of nitrogens with zero attached hydrogens (tertiary/aromatic N) is 16. The monoisotopic (exact) mass is 1150 g/mol. The van der Waals surface area contributed by atoms with Gasteiger partial charge >= 0.3 is 6.09 Å². The first-order chi connectivity index (χ1) is 39.7. The quantitative estimate of drug-likeness (QED) is 0.0194. The Morgan fingerprint density at radius 3 is 1.54 bits per heavy atom. The number of carbonyl (C=O) groups excluding carboxylic acids is 3. The Labute approximate surface area is 475 Å². The number of nitrogens with one attached hydrogen (secondary N) is 3. The Hall–Kier alpha value is -8.71. The highest BCUT2D eigenvalue weighted by Gasteiger charge is 2.48. The maximum absolute atomic E-state index is 13.7. The number of anilines is 2. The van der Waals surface area contributed by atoms with Crippen LogP contribution < -0.4 is 41.0 Å². The SMILES string of the molecule is CN(C)c1ncnc2c1ncn2[C@@H]1O[C@H](CO)C(NC(=O)C(Cc2ccc(OCCN=[N+]=[N-])cc2)NC(=O)OC(C)(C)C)[C@@H]1O.CN(C)c1ncnc2c1ncn2[C@@H]1O[C@H](CO)C(NC(=O)C(N)Cc2ccc(OCCN=[N+]=[N-])cc2)[C@@H]1O. The van der Waals surface area contributed by atoms with Crippen molar-refractivity contribution in [3.05, 3.63) is 106 Å². The summed E-state index contributed by atoms with van der Waals surface area (Å²) in [6, 6.07) is 9.88. The number of nitrogens with two attached hydrogens (primary N) is 1. The van der Waals surface area contributed by atoms with E-state index in [1.165, 1.54) is 29.9 Å². The second-order valence-electron chi connectivity index (χ2n) is 20.5. The summed E-state index contributed by atoms with van der Waals surface area (Å²) < 4.78 is 31.3. The van der Waals surface area contributed by atoms with Crippen LogP contribution in [0.4, 0.5) is 16.4 Å². The minimum absolute atomic E-state index is 0.0668. The van der Waals surface area contributed by atoms with Crippen LogP contribution in [0.25, 0.3) is 43.2 Å². The lowest BCUT2D eigenvalue weighted by molar-refractivity contribution is -0.125. The number of aromatic nitrogens is 8. The minimum Gasteiger partial charge on any atom is -0.493 e. The van der Waals surface area contributed by atoms with Crippen LogP contribution in [0.15, 0.2) is 84.1 Å². The van der Waals surface area contributed by atoms with E-state index in [2.05, 4.69) is 65.9 Å². The lowest BCUT2D eigenvalue weighted by atomic mass is 10.0. The number of azide groups is 2. The first-order valence-corrected chi connectivity index (χ1v) is 26.1.